The van der Waals surface area contributed by atoms with Crippen LogP contribution in [0, 0.1) is 23.2 Å². The van der Waals surface area contributed by atoms with Crippen molar-refractivity contribution in [2.75, 3.05) is 0 Å². The van der Waals surface area contributed by atoms with Gasteiger partial charge in [0.1, 0.15) is 7.85 Å². The second-order valence-corrected chi connectivity index (χ2v) is 6.95. The second kappa shape index (κ2) is 3.03. The van der Waals surface area contributed by atoms with Gasteiger partial charge in [-0.3, -0.25) is 0 Å². The molecule has 4 bridgehead atoms. The Morgan fingerprint density at radius 3 is 1.87 bits per heavy atom. The topological polar surface area (TPSA) is 20.2 Å². The van der Waals surface area contributed by atoms with E-state index >= 15 is 0 Å². The van der Waals surface area contributed by atoms with Gasteiger partial charge in [0.15, 0.2) is 0 Å². The number of rotatable bonds is 2. The molecule has 2 heteroatoms. The van der Waals surface area contributed by atoms with Crippen LogP contribution in [0.1, 0.15) is 51.9 Å². The summed E-state index contributed by atoms with van der Waals surface area (Å²) in [6.07, 6.45) is 9.23. The fraction of sp³-hybridized carbons (Fsp3) is 1.00. The van der Waals surface area contributed by atoms with Gasteiger partial charge in [-0.05, 0) is 75.0 Å². The Labute approximate surface area is 94.0 Å². The van der Waals surface area contributed by atoms with Crippen LogP contribution in [0.4, 0.5) is 0 Å². The minimum absolute atomic E-state index is 0.410. The van der Waals surface area contributed by atoms with Crippen molar-refractivity contribution in [1.29, 1.82) is 0 Å². The third-order valence-corrected chi connectivity index (χ3v) is 4.90. The molecule has 0 aromatic heterocycles. The van der Waals surface area contributed by atoms with Crippen molar-refractivity contribution in [1.82, 2.24) is 0 Å². The van der Waals surface area contributed by atoms with E-state index in [1.165, 1.54) is 38.5 Å². The van der Waals surface area contributed by atoms with E-state index in [2.05, 4.69) is 0 Å². The maximum Gasteiger partial charge on any atom is 0.112 e. The molecule has 15 heavy (non-hydrogen) atoms. The van der Waals surface area contributed by atoms with Gasteiger partial charge in [-0.1, -0.05) is 0 Å². The molecule has 82 valence electrons. The largest absolute Gasteiger partial charge is 0.400 e. The number of hydrogen-bond donors (Lipinski definition) is 1. The van der Waals surface area contributed by atoms with Crippen LogP contribution in [0.2, 0.25) is 0 Å². The zero-order valence-electron chi connectivity index (χ0n) is 9.71. The van der Waals surface area contributed by atoms with Gasteiger partial charge in [-0.25, -0.2) is 0 Å². The summed E-state index contributed by atoms with van der Waals surface area (Å²) in [6.45, 7) is 1.77. The van der Waals surface area contributed by atoms with E-state index in [-0.39, 0.29) is 0 Å². The first-order chi connectivity index (χ1) is 6.94. The van der Waals surface area contributed by atoms with E-state index in [4.69, 9.17) is 7.85 Å². The van der Waals surface area contributed by atoms with E-state index < -0.39 is 5.50 Å². The van der Waals surface area contributed by atoms with Crippen LogP contribution in [0.3, 0.4) is 0 Å². The molecule has 4 aliphatic carbocycles. The van der Waals surface area contributed by atoms with Gasteiger partial charge in [0.2, 0.25) is 0 Å². The molecule has 4 aliphatic rings. The molecular weight excluding hydrogens is 183 g/mol. The number of aliphatic hydroxyl groups is 1. The van der Waals surface area contributed by atoms with E-state index in [1.807, 2.05) is 0 Å². The maximum absolute atomic E-state index is 9.86. The van der Waals surface area contributed by atoms with E-state index in [0.717, 1.165) is 24.2 Å². The smallest absolute Gasteiger partial charge is 0.112 e. The monoisotopic (exact) mass is 204 g/mol. The summed E-state index contributed by atoms with van der Waals surface area (Å²) < 4.78 is 0. The lowest BCUT2D eigenvalue weighted by molar-refractivity contribution is -0.0804. The second-order valence-electron chi connectivity index (χ2n) is 6.95. The molecule has 4 rings (SSSR count). The highest BCUT2D eigenvalue weighted by molar-refractivity contribution is 6.13. The lowest BCUT2D eigenvalue weighted by Gasteiger charge is -2.58. The summed E-state index contributed by atoms with van der Waals surface area (Å²) in [4.78, 5) is 0. The molecule has 0 aromatic rings. The predicted octanol–water partition coefficient (Wildman–Crippen LogP) is 2.47. The average molecular weight is 204 g/mol. The highest BCUT2D eigenvalue weighted by Crippen LogP contribution is 2.62. The minimum atomic E-state index is -0.953. The molecule has 4 fully saturated rings. The van der Waals surface area contributed by atoms with Crippen molar-refractivity contribution in [2.24, 2.45) is 23.2 Å². The molecule has 0 aliphatic heterocycles. The normalized spacial score (nSPS) is 51.7. The summed E-state index contributed by atoms with van der Waals surface area (Å²) >= 11 is 0. The Hall–Kier alpha value is 0.0249. The van der Waals surface area contributed by atoms with Gasteiger partial charge in [-0.15, -0.1) is 0 Å². The Morgan fingerprint density at radius 2 is 1.53 bits per heavy atom. The first-order valence-electron chi connectivity index (χ1n) is 6.45. The van der Waals surface area contributed by atoms with Crippen molar-refractivity contribution >= 4 is 7.85 Å². The molecule has 1 nitrogen and oxygen atoms in total. The molecule has 4 saturated carbocycles. The lowest BCUT2D eigenvalue weighted by atomic mass is 9.47. The summed E-state index contributed by atoms with van der Waals surface area (Å²) in [5.41, 5.74) is -0.543. The van der Waals surface area contributed by atoms with Crippen LogP contribution in [0.15, 0.2) is 0 Å². The summed E-state index contributed by atoms with van der Waals surface area (Å²) in [5.74, 6) is 2.87. The van der Waals surface area contributed by atoms with Crippen LogP contribution >= 0.6 is 0 Å². The van der Waals surface area contributed by atoms with Crippen molar-refractivity contribution in [3.05, 3.63) is 0 Å². The SMILES string of the molecule is [B]C(C)(O)CC12CC3CC(CC(C3)C1)C2. The van der Waals surface area contributed by atoms with E-state index in [1.54, 1.807) is 6.92 Å². The zero-order valence-corrected chi connectivity index (χ0v) is 9.71. The summed E-state index contributed by atoms with van der Waals surface area (Å²) in [6, 6.07) is 0. The van der Waals surface area contributed by atoms with Crippen molar-refractivity contribution < 1.29 is 5.11 Å². The fourth-order valence-corrected chi connectivity index (χ4v) is 5.27. The Kier molecular flexibility index (Phi) is 2.06. The van der Waals surface area contributed by atoms with Gasteiger partial charge in [0.25, 0.3) is 0 Å². The standard InChI is InChI=1S/C13H21BO/c1-12(14,15)8-13-5-9-2-10(6-13)4-11(3-9)7-13/h9-11,15H,2-8H2,1H3. The van der Waals surface area contributed by atoms with Crippen LogP contribution in [-0.2, 0) is 0 Å². The van der Waals surface area contributed by atoms with Crippen molar-refractivity contribution in [3.63, 3.8) is 0 Å². The molecule has 0 aromatic carbocycles. The van der Waals surface area contributed by atoms with Gasteiger partial charge in [0.05, 0.1) is 0 Å². The quantitative estimate of drug-likeness (QED) is 0.685. The molecule has 0 amide bonds. The zero-order chi connectivity index (χ0) is 10.7. The van der Waals surface area contributed by atoms with Crippen LogP contribution in [0.25, 0.3) is 0 Å². The third-order valence-electron chi connectivity index (χ3n) is 4.90. The molecule has 0 saturated heterocycles. The number of hydrogen-bond acceptors (Lipinski definition) is 1. The van der Waals surface area contributed by atoms with Gasteiger partial charge in [-0.2, -0.15) is 0 Å². The highest BCUT2D eigenvalue weighted by Gasteiger charge is 2.51. The van der Waals surface area contributed by atoms with Crippen LogP contribution in [-0.4, -0.2) is 18.5 Å². The fourth-order valence-electron chi connectivity index (χ4n) is 5.27. The third kappa shape index (κ3) is 1.86. The summed E-state index contributed by atoms with van der Waals surface area (Å²) in [5, 5.41) is 9.86. The van der Waals surface area contributed by atoms with Gasteiger partial charge >= 0.3 is 0 Å². The molecule has 2 radical (unpaired) electrons. The summed E-state index contributed by atoms with van der Waals surface area (Å²) in [7, 11) is 5.81. The molecular formula is C13H21BO. The van der Waals surface area contributed by atoms with Crippen molar-refractivity contribution in [2.45, 2.75) is 57.4 Å². The highest BCUT2D eigenvalue weighted by atomic mass is 16.3. The molecule has 0 spiro atoms. The van der Waals surface area contributed by atoms with Crippen LogP contribution in [0.5, 0.6) is 0 Å². The Morgan fingerprint density at radius 1 is 1.13 bits per heavy atom. The first kappa shape index (κ1) is 10.2. The van der Waals surface area contributed by atoms with Crippen molar-refractivity contribution in [3.8, 4) is 0 Å². The Bertz CT molecular complexity index is 231. The molecule has 1 atom stereocenters. The maximum atomic E-state index is 9.86. The van der Waals surface area contributed by atoms with Gasteiger partial charge < -0.3 is 5.11 Å². The molecule has 0 heterocycles. The molecule has 1 unspecified atom stereocenters. The average Bonchev–Trinajstić information content (AvgIpc) is 1.94. The van der Waals surface area contributed by atoms with E-state index in [0.29, 0.717) is 5.41 Å². The minimum Gasteiger partial charge on any atom is -0.400 e. The van der Waals surface area contributed by atoms with Gasteiger partial charge in [0, 0.05) is 5.50 Å². The van der Waals surface area contributed by atoms with E-state index in [9.17, 15) is 5.11 Å². The predicted molar refractivity (Wildman–Crippen MR) is 61.6 cm³/mol. The lowest BCUT2D eigenvalue weighted by Crippen LogP contribution is -2.49. The molecule has 1 N–H and O–H groups in total. The Balaban J connectivity index is 1.81. The van der Waals surface area contributed by atoms with Crippen LogP contribution < -0.4 is 0 Å². The first-order valence-corrected chi connectivity index (χ1v) is 6.45.